The van der Waals surface area contributed by atoms with Gasteiger partial charge in [0.05, 0.1) is 11.1 Å². The SMILES string of the molecule is O=C1c2cc(O)c(-c3ccc(C(F)(F)F)cc3)cc2-c2cc(-c3ccc(C(F)(F)F)cc3)c(O)cc21. The van der Waals surface area contributed by atoms with E-state index in [-0.39, 0.29) is 44.9 Å². The third-order valence-electron chi connectivity index (χ3n) is 6.10. The average molecular weight is 500 g/mol. The molecular weight excluding hydrogens is 486 g/mol. The van der Waals surface area contributed by atoms with Crippen LogP contribution in [0.3, 0.4) is 0 Å². The molecule has 0 aromatic heterocycles. The molecule has 3 nitrogen and oxygen atoms in total. The summed E-state index contributed by atoms with van der Waals surface area (Å²) < 4.78 is 77.5. The molecule has 0 amide bonds. The molecule has 36 heavy (non-hydrogen) atoms. The molecule has 0 saturated heterocycles. The number of benzene rings is 4. The van der Waals surface area contributed by atoms with Crippen molar-refractivity contribution in [1.82, 2.24) is 0 Å². The van der Waals surface area contributed by atoms with Gasteiger partial charge in [-0.15, -0.1) is 0 Å². The lowest BCUT2D eigenvalue weighted by Gasteiger charge is -2.12. The predicted octanol–water partition coefficient (Wildman–Crippen LogP) is 7.68. The summed E-state index contributed by atoms with van der Waals surface area (Å²) in [6, 6.07) is 13.7. The van der Waals surface area contributed by atoms with E-state index in [1.54, 1.807) is 0 Å². The van der Waals surface area contributed by atoms with Gasteiger partial charge in [-0.25, -0.2) is 0 Å². The number of carbonyl (C=O) groups is 1. The number of fused-ring (bicyclic) bond motifs is 3. The van der Waals surface area contributed by atoms with Gasteiger partial charge >= 0.3 is 12.4 Å². The van der Waals surface area contributed by atoms with Crippen molar-refractivity contribution in [3.05, 3.63) is 95.1 Å². The quantitative estimate of drug-likeness (QED) is 0.245. The van der Waals surface area contributed by atoms with Gasteiger partial charge in [0.2, 0.25) is 0 Å². The minimum Gasteiger partial charge on any atom is -0.507 e. The predicted molar refractivity (Wildman–Crippen MR) is 120 cm³/mol. The highest BCUT2D eigenvalue weighted by Gasteiger charge is 2.33. The maximum atomic E-state index is 12.9. The van der Waals surface area contributed by atoms with Crippen LogP contribution in [0.2, 0.25) is 0 Å². The minimum absolute atomic E-state index is 0.127. The molecule has 0 atom stereocenters. The second-order valence-corrected chi connectivity index (χ2v) is 8.31. The summed E-state index contributed by atoms with van der Waals surface area (Å²) in [7, 11) is 0. The molecule has 0 fully saturated rings. The van der Waals surface area contributed by atoms with Gasteiger partial charge in [0.25, 0.3) is 0 Å². The second-order valence-electron chi connectivity index (χ2n) is 8.31. The highest BCUT2D eigenvalue weighted by molar-refractivity contribution is 6.23. The van der Waals surface area contributed by atoms with Crippen LogP contribution in [0.1, 0.15) is 27.0 Å². The molecule has 0 radical (unpaired) electrons. The maximum Gasteiger partial charge on any atom is 0.416 e. The lowest BCUT2D eigenvalue weighted by molar-refractivity contribution is -0.138. The van der Waals surface area contributed by atoms with Crippen LogP contribution in [0, 0.1) is 0 Å². The van der Waals surface area contributed by atoms with Gasteiger partial charge in [-0.3, -0.25) is 4.79 Å². The number of phenols is 2. The fraction of sp³-hybridized carbons (Fsp3) is 0.0741. The van der Waals surface area contributed by atoms with Crippen molar-refractivity contribution in [1.29, 1.82) is 0 Å². The Kier molecular flexibility index (Phi) is 5.13. The Labute approximate surface area is 199 Å². The zero-order valence-corrected chi connectivity index (χ0v) is 18.0. The van der Waals surface area contributed by atoms with Gasteiger partial charge in [-0.05, 0) is 70.8 Å². The van der Waals surface area contributed by atoms with Crippen LogP contribution >= 0.6 is 0 Å². The fourth-order valence-electron chi connectivity index (χ4n) is 4.28. The Balaban J connectivity index is 1.61. The minimum atomic E-state index is -4.53. The second kappa shape index (κ2) is 7.87. The van der Waals surface area contributed by atoms with E-state index in [0.717, 1.165) is 24.3 Å². The van der Waals surface area contributed by atoms with Gasteiger partial charge in [0.1, 0.15) is 11.5 Å². The van der Waals surface area contributed by atoms with E-state index in [4.69, 9.17) is 0 Å². The van der Waals surface area contributed by atoms with Gasteiger partial charge in [-0.2, -0.15) is 26.3 Å². The van der Waals surface area contributed by atoms with Crippen LogP contribution < -0.4 is 0 Å². The Morgan fingerprint density at radius 2 is 0.806 bits per heavy atom. The number of ketones is 1. The Morgan fingerprint density at radius 1 is 0.472 bits per heavy atom. The van der Waals surface area contributed by atoms with Gasteiger partial charge in [0, 0.05) is 22.3 Å². The van der Waals surface area contributed by atoms with E-state index < -0.39 is 29.3 Å². The Bertz CT molecular complexity index is 1400. The molecule has 4 aromatic carbocycles. The molecular formula is C27H14F6O3. The van der Waals surface area contributed by atoms with E-state index in [0.29, 0.717) is 11.1 Å². The molecule has 0 unspecified atom stereocenters. The molecule has 5 rings (SSSR count). The highest BCUT2D eigenvalue weighted by atomic mass is 19.4. The average Bonchev–Trinajstić information content (AvgIpc) is 3.07. The maximum absolute atomic E-state index is 12.9. The van der Waals surface area contributed by atoms with Crippen molar-refractivity contribution >= 4 is 5.78 Å². The molecule has 0 heterocycles. The number of phenolic OH excluding ortho intramolecular Hbond substituents is 2. The molecule has 1 aliphatic carbocycles. The zero-order chi connectivity index (χ0) is 26.0. The standard InChI is InChI=1S/C27H14F6O3/c28-26(29,30)15-5-1-13(2-6-15)17-9-19-20-10-18(14-3-7-16(8-4-14)27(31,32)33)24(35)12-22(20)25(36)21(19)11-23(17)34/h1-12,34-35H. The summed E-state index contributed by atoms with van der Waals surface area (Å²) in [4.78, 5) is 12.9. The lowest BCUT2D eigenvalue weighted by Crippen LogP contribution is -2.04. The molecule has 2 N–H and O–H groups in total. The monoisotopic (exact) mass is 500 g/mol. The number of halogens is 6. The van der Waals surface area contributed by atoms with Crippen molar-refractivity contribution in [2.24, 2.45) is 0 Å². The Morgan fingerprint density at radius 3 is 1.11 bits per heavy atom. The molecule has 0 saturated carbocycles. The largest absolute Gasteiger partial charge is 0.507 e. The first-order chi connectivity index (χ1) is 16.8. The number of hydrogen-bond acceptors (Lipinski definition) is 3. The first kappa shape index (κ1) is 23.5. The summed E-state index contributed by atoms with van der Waals surface area (Å²) in [5, 5.41) is 21.0. The summed E-state index contributed by atoms with van der Waals surface area (Å²) in [6.07, 6.45) is -9.05. The van der Waals surface area contributed by atoms with Crippen LogP contribution in [-0.4, -0.2) is 16.0 Å². The van der Waals surface area contributed by atoms with Crippen LogP contribution in [0.15, 0.2) is 72.8 Å². The molecule has 0 spiro atoms. The van der Waals surface area contributed by atoms with Crippen LogP contribution in [0.5, 0.6) is 11.5 Å². The van der Waals surface area contributed by atoms with Crippen LogP contribution in [0.4, 0.5) is 26.3 Å². The smallest absolute Gasteiger partial charge is 0.416 e. The summed E-state index contributed by atoms with van der Waals surface area (Å²) >= 11 is 0. The van der Waals surface area contributed by atoms with Crippen LogP contribution in [-0.2, 0) is 12.4 Å². The van der Waals surface area contributed by atoms with Crippen molar-refractivity contribution < 1.29 is 41.4 Å². The van der Waals surface area contributed by atoms with E-state index in [1.165, 1.54) is 48.5 Å². The molecule has 182 valence electrons. The van der Waals surface area contributed by atoms with Crippen LogP contribution in [0.25, 0.3) is 33.4 Å². The molecule has 0 bridgehead atoms. The summed E-state index contributed by atoms with van der Waals surface area (Å²) in [5.74, 6) is -1.12. The van der Waals surface area contributed by atoms with E-state index in [1.807, 2.05) is 0 Å². The van der Waals surface area contributed by atoms with E-state index >= 15 is 0 Å². The van der Waals surface area contributed by atoms with Crippen molar-refractivity contribution in [2.45, 2.75) is 12.4 Å². The number of hydrogen-bond donors (Lipinski definition) is 2. The normalized spacial score (nSPS) is 13.0. The number of aromatic hydroxyl groups is 2. The van der Waals surface area contributed by atoms with Crippen molar-refractivity contribution in [3.63, 3.8) is 0 Å². The zero-order valence-electron chi connectivity index (χ0n) is 18.0. The summed E-state index contributed by atoms with van der Waals surface area (Å²) in [6.45, 7) is 0. The fourth-order valence-corrected chi connectivity index (χ4v) is 4.28. The number of carbonyl (C=O) groups excluding carboxylic acids is 1. The molecule has 1 aliphatic rings. The van der Waals surface area contributed by atoms with Crippen molar-refractivity contribution in [2.75, 3.05) is 0 Å². The molecule has 0 aliphatic heterocycles. The van der Waals surface area contributed by atoms with Gasteiger partial charge < -0.3 is 10.2 Å². The third kappa shape index (κ3) is 3.86. The lowest BCUT2D eigenvalue weighted by atomic mass is 9.94. The Hall–Kier alpha value is -4.27. The van der Waals surface area contributed by atoms with Gasteiger partial charge in [-0.1, -0.05) is 24.3 Å². The third-order valence-corrected chi connectivity index (χ3v) is 6.10. The first-order valence-corrected chi connectivity index (χ1v) is 10.5. The number of rotatable bonds is 2. The highest BCUT2D eigenvalue weighted by Crippen LogP contribution is 2.46. The molecule has 9 heteroatoms. The van der Waals surface area contributed by atoms with Gasteiger partial charge in [0.15, 0.2) is 5.78 Å². The number of alkyl halides is 6. The summed E-state index contributed by atoms with van der Waals surface area (Å²) in [5.41, 5.74) is 0.223. The first-order valence-electron chi connectivity index (χ1n) is 10.5. The van der Waals surface area contributed by atoms with Crippen molar-refractivity contribution in [3.8, 4) is 44.9 Å². The topological polar surface area (TPSA) is 57.5 Å². The molecule has 4 aromatic rings. The van der Waals surface area contributed by atoms with E-state index in [9.17, 15) is 41.4 Å². The van der Waals surface area contributed by atoms with E-state index in [2.05, 4.69) is 0 Å².